The van der Waals surface area contributed by atoms with Crippen LogP contribution in [0, 0.1) is 0 Å². The summed E-state index contributed by atoms with van der Waals surface area (Å²) in [6.45, 7) is 2.10. The van der Waals surface area contributed by atoms with Crippen LogP contribution in [0.1, 0.15) is 31.7 Å². The van der Waals surface area contributed by atoms with Crippen molar-refractivity contribution < 1.29 is 13.0 Å². The Balaban J connectivity index is 2.73. The lowest BCUT2D eigenvalue weighted by Gasteiger charge is -2.09. The number of halogens is 1. The lowest BCUT2D eigenvalue weighted by atomic mass is 10.1. The van der Waals surface area contributed by atoms with Gasteiger partial charge in [-0.3, -0.25) is 4.55 Å². The van der Waals surface area contributed by atoms with Crippen molar-refractivity contribution in [1.29, 1.82) is 0 Å². The fourth-order valence-electron chi connectivity index (χ4n) is 1.62. The van der Waals surface area contributed by atoms with Crippen molar-refractivity contribution in [2.45, 2.75) is 42.9 Å². The summed E-state index contributed by atoms with van der Waals surface area (Å²) in [4.78, 5) is -0.0747. The van der Waals surface area contributed by atoms with Gasteiger partial charge in [0.2, 0.25) is 0 Å². The fourth-order valence-corrected chi connectivity index (χ4v) is 2.50. The van der Waals surface area contributed by atoms with Gasteiger partial charge in [0.25, 0.3) is 10.1 Å². The molecule has 0 radical (unpaired) electrons. The molecule has 0 saturated heterocycles. The lowest BCUT2D eigenvalue weighted by molar-refractivity contribution is 0.483. The minimum absolute atomic E-state index is 0.00611. The van der Waals surface area contributed by atoms with Gasteiger partial charge in [0.05, 0.1) is 4.90 Å². The SMILES string of the molecule is CCCCC(Cl)Cc1cccc(S(=O)(=O)O)c1. The maximum atomic E-state index is 11.0. The van der Waals surface area contributed by atoms with E-state index in [2.05, 4.69) is 6.92 Å². The minimum Gasteiger partial charge on any atom is -0.282 e. The Morgan fingerprint density at radius 2 is 2.12 bits per heavy atom. The molecule has 1 N–H and O–H groups in total. The van der Waals surface area contributed by atoms with Gasteiger partial charge in [-0.05, 0) is 30.5 Å². The molecule has 0 aliphatic rings. The smallest absolute Gasteiger partial charge is 0.282 e. The van der Waals surface area contributed by atoms with Crippen molar-refractivity contribution in [3.63, 3.8) is 0 Å². The molecule has 0 bridgehead atoms. The van der Waals surface area contributed by atoms with Crippen molar-refractivity contribution in [2.75, 3.05) is 0 Å². The molecule has 0 spiro atoms. The highest BCUT2D eigenvalue weighted by Crippen LogP contribution is 2.17. The molecule has 1 aromatic carbocycles. The van der Waals surface area contributed by atoms with Crippen molar-refractivity contribution in [1.82, 2.24) is 0 Å². The van der Waals surface area contributed by atoms with Gasteiger partial charge in [-0.15, -0.1) is 11.6 Å². The van der Waals surface area contributed by atoms with E-state index < -0.39 is 10.1 Å². The van der Waals surface area contributed by atoms with Crippen LogP contribution in [-0.4, -0.2) is 18.3 Å². The van der Waals surface area contributed by atoms with Gasteiger partial charge in [-0.2, -0.15) is 8.42 Å². The Labute approximate surface area is 108 Å². The zero-order chi connectivity index (χ0) is 12.9. The van der Waals surface area contributed by atoms with E-state index in [-0.39, 0.29) is 10.3 Å². The van der Waals surface area contributed by atoms with Crippen molar-refractivity contribution in [3.05, 3.63) is 29.8 Å². The normalized spacial score (nSPS) is 13.6. The molecule has 17 heavy (non-hydrogen) atoms. The number of hydrogen-bond donors (Lipinski definition) is 1. The summed E-state index contributed by atoms with van der Waals surface area (Å²) < 4.78 is 30.9. The van der Waals surface area contributed by atoms with Crippen LogP contribution in [0.2, 0.25) is 0 Å². The third kappa shape index (κ3) is 5.06. The lowest BCUT2D eigenvalue weighted by Crippen LogP contribution is -2.05. The molecule has 1 aromatic rings. The van der Waals surface area contributed by atoms with Crippen LogP contribution in [0.4, 0.5) is 0 Å². The minimum atomic E-state index is -4.12. The van der Waals surface area contributed by atoms with Crippen LogP contribution in [0.3, 0.4) is 0 Å². The number of alkyl halides is 1. The van der Waals surface area contributed by atoms with Gasteiger partial charge < -0.3 is 0 Å². The second-order valence-corrected chi connectivity index (χ2v) is 6.10. The fraction of sp³-hybridized carbons (Fsp3) is 0.500. The molecule has 0 heterocycles. The van der Waals surface area contributed by atoms with Crippen molar-refractivity contribution in [2.24, 2.45) is 0 Å². The maximum absolute atomic E-state index is 11.0. The largest absolute Gasteiger partial charge is 0.294 e. The molecule has 1 unspecified atom stereocenters. The molecule has 1 rings (SSSR count). The monoisotopic (exact) mass is 276 g/mol. The van der Waals surface area contributed by atoms with Gasteiger partial charge in [-0.25, -0.2) is 0 Å². The third-order valence-corrected chi connectivity index (χ3v) is 3.75. The van der Waals surface area contributed by atoms with E-state index in [1.54, 1.807) is 6.07 Å². The third-order valence-electron chi connectivity index (χ3n) is 2.52. The second-order valence-electron chi connectivity index (χ2n) is 4.07. The maximum Gasteiger partial charge on any atom is 0.294 e. The van der Waals surface area contributed by atoms with Gasteiger partial charge >= 0.3 is 0 Å². The average Bonchev–Trinajstić information content (AvgIpc) is 2.25. The van der Waals surface area contributed by atoms with Crippen LogP contribution < -0.4 is 0 Å². The van der Waals surface area contributed by atoms with Gasteiger partial charge in [0.15, 0.2) is 0 Å². The molecule has 0 amide bonds. The molecular weight excluding hydrogens is 260 g/mol. The summed E-state index contributed by atoms with van der Waals surface area (Å²) in [5.74, 6) is 0. The standard InChI is InChI=1S/C12H17ClO3S/c1-2-3-6-11(13)8-10-5-4-7-12(9-10)17(14,15)16/h4-5,7,9,11H,2-3,6,8H2,1H3,(H,14,15,16). The molecule has 0 aliphatic heterocycles. The molecule has 0 aliphatic carbocycles. The Hall–Kier alpha value is -0.580. The summed E-state index contributed by atoms with van der Waals surface area (Å²) >= 11 is 6.15. The van der Waals surface area contributed by atoms with Gasteiger partial charge in [0.1, 0.15) is 0 Å². The van der Waals surface area contributed by atoms with E-state index in [1.165, 1.54) is 12.1 Å². The molecule has 0 aromatic heterocycles. The molecule has 0 saturated carbocycles. The van der Waals surface area contributed by atoms with Gasteiger partial charge in [0, 0.05) is 5.38 Å². The first-order valence-corrected chi connectivity index (χ1v) is 7.51. The van der Waals surface area contributed by atoms with Crippen molar-refractivity contribution in [3.8, 4) is 0 Å². The summed E-state index contributed by atoms with van der Waals surface area (Å²) in [6, 6.07) is 6.27. The molecule has 5 heteroatoms. The highest BCUT2D eigenvalue weighted by molar-refractivity contribution is 7.85. The number of unbranched alkanes of at least 4 members (excludes halogenated alkanes) is 1. The number of benzene rings is 1. The Morgan fingerprint density at radius 1 is 1.41 bits per heavy atom. The van der Waals surface area contributed by atoms with E-state index in [9.17, 15) is 8.42 Å². The Morgan fingerprint density at radius 3 is 2.71 bits per heavy atom. The number of hydrogen-bond acceptors (Lipinski definition) is 2. The van der Waals surface area contributed by atoms with E-state index in [0.717, 1.165) is 24.8 Å². The topological polar surface area (TPSA) is 54.4 Å². The summed E-state index contributed by atoms with van der Waals surface area (Å²) in [5, 5.41) is 0.00611. The van der Waals surface area contributed by atoms with Crippen LogP contribution in [0.25, 0.3) is 0 Å². The van der Waals surface area contributed by atoms with E-state index in [4.69, 9.17) is 16.2 Å². The predicted molar refractivity (Wildman–Crippen MR) is 69.1 cm³/mol. The first kappa shape index (κ1) is 14.5. The predicted octanol–water partition coefficient (Wildman–Crippen LogP) is 3.27. The summed E-state index contributed by atoms with van der Waals surface area (Å²) in [5.41, 5.74) is 0.830. The zero-order valence-electron chi connectivity index (χ0n) is 9.77. The van der Waals surface area contributed by atoms with Crippen molar-refractivity contribution >= 4 is 21.7 Å². The zero-order valence-corrected chi connectivity index (χ0v) is 11.3. The van der Waals surface area contributed by atoms with E-state index >= 15 is 0 Å². The van der Waals surface area contributed by atoms with Crippen LogP contribution in [-0.2, 0) is 16.5 Å². The molecule has 96 valence electrons. The molecule has 3 nitrogen and oxygen atoms in total. The summed E-state index contributed by atoms with van der Waals surface area (Å²) in [7, 11) is -4.12. The van der Waals surface area contributed by atoms with Crippen LogP contribution in [0.15, 0.2) is 29.2 Å². The van der Waals surface area contributed by atoms with Gasteiger partial charge in [-0.1, -0.05) is 31.9 Å². The van der Waals surface area contributed by atoms with E-state index in [1.807, 2.05) is 6.07 Å². The second kappa shape index (κ2) is 6.38. The first-order valence-electron chi connectivity index (χ1n) is 5.64. The first-order chi connectivity index (χ1) is 7.93. The molecular formula is C12H17ClO3S. The van der Waals surface area contributed by atoms with E-state index in [0.29, 0.717) is 6.42 Å². The van der Waals surface area contributed by atoms with Crippen LogP contribution in [0.5, 0.6) is 0 Å². The summed E-state index contributed by atoms with van der Waals surface area (Å²) in [6.07, 6.45) is 3.68. The average molecular weight is 277 g/mol. The Kier molecular flexibility index (Phi) is 5.43. The molecule has 1 atom stereocenters. The Bertz CT molecular complexity index is 457. The highest BCUT2D eigenvalue weighted by atomic mass is 35.5. The highest BCUT2D eigenvalue weighted by Gasteiger charge is 2.11. The number of rotatable bonds is 6. The van der Waals surface area contributed by atoms with Crippen LogP contribution >= 0.6 is 11.6 Å². The molecule has 0 fully saturated rings. The quantitative estimate of drug-likeness (QED) is 0.641.